The van der Waals surface area contributed by atoms with Gasteiger partial charge in [0.05, 0.1) is 17.6 Å². The van der Waals surface area contributed by atoms with Crippen LogP contribution in [0.25, 0.3) is 0 Å². The van der Waals surface area contributed by atoms with Gasteiger partial charge in [0.1, 0.15) is 0 Å². The number of nitrogens with zero attached hydrogens (tertiary/aromatic N) is 1. The van der Waals surface area contributed by atoms with E-state index in [4.69, 9.17) is 5.26 Å². The molecule has 0 bridgehead atoms. The van der Waals surface area contributed by atoms with Gasteiger partial charge >= 0.3 is 0 Å². The summed E-state index contributed by atoms with van der Waals surface area (Å²) in [5, 5.41) is 22.0. The highest BCUT2D eigenvalue weighted by Gasteiger charge is 2.33. The van der Waals surface area contributed by atoms with Gasteiger partial charge in [-0.25, -0.2) is 0 Å². The minimum Gasteiger partial charge on any atom is -0.388 e. The Balaban J connectivity index is 2.61. The Labute approximate surface area is 73.4 Å². The smallest absolute Gasteiger partial charge is 0.0815 e. The lowest BCUT2D eigenvalue weighted by atomic mass is 9.83. The normalized spacial score (nSPS) is 33.4. The van der Waals surface area contributed by atoms with Crippen LogP contribution in [0.5, 0.6) is 0 Å². The Hall–Kier alpha value is -0.590. The second-order valence-corrected chi connectivity index (χ2v) is 3.56. The van der Waals surface area contributed by atoms with Crippen LogP contribution < -0.4 is 5.32 Å². The first-order valence-electron chi connectivity index (χ1n) is 4.52. The summed E-state index contributed by atoms with van der Waals surface area (Å²) in [6, 6.07) is 2.13. The summed E-state index contributed by atoms with van der Waals surface area (Å²) in [6.45, 7) is 3.58. The summed E-state index contributed by atoms with van der Waals surface area (Å²) in [6.07, 6.45) is 2.40. The third kappa shape index (κ3) is 1.96. The first kappa shape index (κ1) is 9.50. The van der Waals surface area contributed by atoms with Crippen LogP contribution >= 0.6 is 0 Å². The maximum absolute atomic E-state index is 10.1. The van der Waals surface area contributed by atoms with Gasteiger partial charge in [-0.15, -0.1) is 0 Å². The van der Waals surface area contributed by atoms with Crippen molar-refractivity contribution >= 4 is 0 Å². The third-order valence-corrected chi connectivity index (χ3v) is 2.70. The molecular formula is C9H16N2O. The molecule has 1 heterocycles. The summed E-state index contributed by atoms with van der Waals surface area (Å²) in [5.74, 6) is -0.252. The average Bonchev–Trinajstić information content (AvgIpc) is 2.29. The van der Waals surface area contributed by atoms with Crippen molar-refractivity contribution in [2.75, 3.05) is 13.1 Å². The summed E-state index contributed by atoms with van der Waals surface area (Å²) in [7, 11) is 0. The summed E-state index contributed by atoms with van der Waals surface area (Å²) >= 11 is 0. The van der Waals surface area contributed by atoms with Crippen LogP contribution in [0.1, 0.15) is 26.2 Å². The highest BCUT2D eigenvalue weighted by molar-refractivity contribution is 4.97. The van der Waals surface area contributed by atoms with E-state index in [1.165, 1.54) is 0 Å². The topological polar surface area (TPSA) is 56.0 Å². The van der Waals surface area contributed by atoms with Crippen molar-refractivity contribution in [3.05, 3.63) is 0 Å². The second kappa shape index (κ2) is 3.88. The maximum Gasteiger partial charge on any atom is 0.0815 e. The molecule has 0 saturated carbocycles. The molecule has 1 saturated heterocycles. The van der Waals surface area contributed by atoms with Gasteiger partial charge in [-0.3, -0.25) is 0 Å². The van der Waals surface area contributed by atoms with Crippen molar-refractivity contribution in [3.63, 3.8) is 0 Å². The maximum atomic E-state index is 10.1. The summed E-state index contributed by atoms with van der Waals surface area (Å²) in [5.41, 5.74) is -0.752. The molecule has 2 atom stereocenters. The molecule has 3 heteroatoms. The molecule has 0 aliphatic carbocycles. The lowest BCUT2D eigenvalue weighted by Crippen LogP contribution is -2.36. The first-order chi connectivity index (χ1) is 5.69. The van der Waals surface area contributed by atoms with Gasteiger partial charge in [0.15, 0.2) is 0 Å². The zero-order valence-electron chi connectivity index (χ0n) is 7.51. The molecule has 1 aliphatic heterocycles. The third-order valence-electron chi connectivity index (χ3n) is 2.70. The molecule has 0 radical (unpaired) electrons. The van der Waals surface area contributed by atoms with E-state index in [9.17, 15) is 5.11 Å². The van der Waals surface area contributed by atoms with Crippen LogP contribution in [-0.2, 0) is 0 Å². The van der Waals surface area contributed by atoms with Crippen molar-refractivity contribution in [3.8, 4) is 6.07 Å². The SMILES string of the molecule is CC(C#N)C1(O)CCCNCC1. The fourth-order valence-electron chi connectivity index (χ4n) is 1.63. The van der Waals surface area contributed by atoms with Gasteiger partial charge in [0.2, 0.25) is 0 Å². The van der Waals surface area contributed by atoms with Crippen LogP contribution in [0.3, 0.4) is 0 Å². The zero-order valence-corrected chi connectivity index (χ0v) is 7.51. The quantitative estimate of drug-likeness (QED) is 0.604. The van der Waals surface area contributed by atoms with Gasteiger partial charge in [0.25, 0.3) is 0 Å². The standard InChI is InChI=1S/C9H16N2O/c1-8(7-10)9(12)3-2-5-11-6-4-9/h8,11-12H,2-6H2,1H3. The number of aliphatic hydroxyl groups is 1. The van der Waals surface area contributed by atoms with Gasteiger partial charge in [-0.05, 0) is 39.3 Å². The molecule has 12 heavy (non-hydrogen) atoms. The van der Waals surface area contributed by atoms with Crippen molar-refractivity contribution in [2.45, 2.75) is 31.8 Å². The number of hydrogen-bond acceptors (Lipinski definition) is 3. The fourth-order valence-corrected chi connectivity index (χ4v) is 1.63. The number of nitrogens with one attached hydrogen (secondary N) is 1. The van der Waals surface area contributed by atoms with E-state index >= 15 is 0 Å². The van der Waals surface area contributed by atoms with E-state index in [0.717, 1.165) is 25.9 Å². The molecule has 0 amide bonds. The Morgan fingerprint density at radius 3 is 2.92 bits per heavy atom. The Kier molecular flexibility index (Phi) is 3.07. The van der Waals surface area contributed by atoms with Crippen molar-refractivity contribution in [2.24, 2.45) is 5.92 Å². The predicted molar refractivity (Wildman–Crippen MR) is 46.4 cm³/mol. The number of nitriles is 1. The lowest BCUT2D eigenvalue weighted by molar-refractivity contribution is -0.00299. The molecule has 68 valence electrons. The Morgan fingerprint density at radius 2 is 2.25 bits per heavy atom. The highest BCUT2D eigenvalue weighted by Crippen LogP contribution is 2.27. The van der Waals surface area contributed by atoms with Crippen LogP contribution in [0.4, 0.5) is 0 Å². The largest absolute Gasteiger partial charge is 0.388 e. The minimum absolute atomic E-state index is 0.252. The lowest BCUT2D eigenvalue weighted by Gasteiger charge is -2.28. The summed E-state index contributed by atoms with van der Waals surface area (Å²) in [4.78, 5) is 0. The van der Waals surface area contributed by atoms with E-state index < -0.39 is 5.60 Å². The van der Waals surface area contributed by atoms with Gasteiger partial charge in [0, 0.05) is 0 Å². The molecule has 0 spiro atoms. The minimum atomic E-state index is -0.752. The van der Waals surface area contributed by atoms with E-state index in [1.54, 1.807) is 6.92 Å². The molecule has 0 aromatic rings. The molecule has 1 rings (SSSR count). The second-order valence-electron chi connectivity index (χ2n) is 3.56. The van der Waals surface area contributed by atoms with Crippen molar-refractivity contribution < 1.29 is 5.11 Å². The van der Waals surface area contributed by atoms with E-state index in [0.29, 0.717) is 6.42 Å². The van der Waals surface area contributed by atoms with Crippen molar-refractivity contribution in [1.29, 1.82) is 5.26 Å². The highest BCUT2D eigenvalue weighted by atomic mass is 16.3. The fraction of sp³-hybridized carbons (Fsp3) is 0.889. The molecule has 2 N–H and O–H groups in total. The van der Waals surface area contributed by atoms with Gasteiger partial charge < -0.3 is 10.4 Å². The molecule has 1 fully saturated rings. The predicted octanol–water partition coefficient (Wildman–Crippen LogP) is 0.651. The number of hydrogen-bond donors (Lipinski definition) is 2. The van der Waals surface area contributed by atoms with Crippen LogP contribution in [-0.4, -0.2) is 23.8 Å². The Morgan fingerprint density at radius 1 is 1.50 bits per heavy atom. The monoisotopic (exact) mass is 168 g/mol. The zero-order chi connectivity index (χ0) is 9.03. The van der Waals surface area contributed by atoms with Crippen LogP contribution in [0.2, 0.25) is 0 Å². The average molecular weight is 168 g/mol. The van der Waals surface area contributed by atoms with Gasteiger partial charge in [-0.1, -0.05) is 0 Å². The molecule has 2 unspecified atom stereocenters. The molecule has 1 aliphatic rings. The summed E-state index contributed by atoms with van der Waals surface area (Å²) < 4.78 is 0. The van der Waals surface area contributed by atoms with Crippen LogP contribution in [0.15, 0.2) is 0 Å². The molecule has 0 aromatic heterocycles. The van der Waals surface area contributed by atoms with E-state index in [2.05, 4.69) is 11.4 Å². The first-order valence-corrected chi connectivity index (χ1v) is 4.52. The molecule has 0 aromatic carbocycles. The molecular weight excluding hydrogens is 152 g/mol. The Bertz CT molecular complexity index is 177. The van der Waals surface area contributed by atoms with Crippen LogP contribution in [0, 0.1) is 17.2 Å². The molecule has 3 nitrogen and oxygen atoms in total. The van der Waals surface area contributed by atoms with E-state index in [1.807, 2.05) is 0 Å². The number of rotatable bonds is 1. The van der Waals surface area contributed by atoms with Crippen molar-refractivity contribution in [1.82, 2.24) is 5.32 Å². The van der Waals surface area contributed by atoms with Gasteiger partial charge in [-0.2, -0.15) is 5.26 Å². The van der Waals surface area contributed by atoms with E-state index in [-0.39, 0.29) is 5.92 Å².